The first-order valence-electron chi connectivity index (χ1n) is 7.45. The highest BCUT2D eigenvalue weighted by molar-refractivity contribution is 5.78. The van der Waals surface area contributed by atoms with Crippen molar-refractivity contribution in [1.29, 1.82) is 0 Å². The van der Waals surface area contributed by atoms with E-state index in [1.54, 1.807) is 0 Å². The number of ether oxygens (including phenoxy) is 1. The van der Waals surface area contributed by atoms with E-state index < -0.39 is 0 Å². The first-order valence-corrected chi connectivity index (χ1v) is 7.45. The maximum Gasteiger partial charge on any atom is 0.189 e. The summed E-state index contributed by atoms with van der Waals surface area (Å²) in [6.07, 6.45) is 0. The minimum atomic E-state index is 0.289. The Labute approximate surface area is 132 Å². The summed E-state index contributed by atoms with van der Waals surface area (Å²) in [6.45, 7) is 5.19. The normalized spacial score (nSPS) is 11.5. The Bertz CT molecular complexity index is 591. The highest BCUT2D eigenvalue weighted by atomic mass is 16.5. The number of hydrogen-bond acceptors (Lipinski definition) is 2. The second-order valence-electron chi connectivity index (χ2n) is 5.42. The van der Waals surface area contributed by atoms with Crippen LogP contribution in [-0.4, -0.2) is 12.0 Å². The van der Waals surface area contributed by atoms with Crippen molar-refractivity contribution in [2.75, 3.05) is 0 Å². The zero-order valence-corrected chi connectivity index (χ0v) is 13.1. The van der Waals surface area contributed by atoms with Crippen molar-refractivity contribution >= 4 is 5.96 Å². The second-order valence-corrected chi connectivity index (χ2v) is 5.42. The summed E-state index contributed by atoms with van der Waals surface area (Å²) >= 11 is 0. The molecule has 0 aliphatic rings. The van der Waals surface area contributed by atoms with Gasteiger partial charge in [0.2, 0.25) is 0 Å². The van der Waals surface area contributed by atoms with Crippen molar-refractivity contribution in [2.24, 2.45) is 10.7 Å². The molecule has 0 unspecified atom stereocenters. The predicted molar refractivity (Wildman–Crippen MR) is 90.8 cm³/mol. The van der Waals surface area contributed by atoms with E-state index in [-0.39, 0.29) is 6.04 Å². The fourth-order valence-corrected chi connectivity index (χ4v) is 1.95. The van der Waals surface area contributed by atoms with Gasteiger partial charge in [-0.2, -0.15) is 0 Å². The molecule has 0 radical (unpaired) electrons. The molecule has 0 amide bonds. The van der Waals surface area contributed by atoms with Crippen LogP contribution in [0.5, 0.6) is 5.75 Å². The number of nitrogens with zero attached hydrogens (tertiary/aromatic N) is 1. The van der Waals surface area contributed by atoms with E-state index in [0.29, 0.717) is 19.1 Å². The Balaban J connectivity index is 1.85. The molecule has 0 bridgehead atoms. The molecule has 3 N–H and O–H groups in total. The van der Waals surface area contributed by atoms with Gasteiger partial charge < -0.3 is 15.8 Å². The number of aliphatic imine (C=N–C) groups is 1. The molecule has 0 heterocycles. The van der Waals surface area contributed by atoms with E-state index in [9.17, 15) is 0 Å². The van der Waals surface area contributed by atoms with E-state index in [0.717, 1.165) is 16.9 Å². The van der Waals surface area contributed by atoms with Crippen LogP contribution in [0.25, 0.3) is 0 Å². The van der Waals surface area contributed by atoms with Crippen molar-refractivity contribution in [3.63, 3.8) is 0 Å². The molecule has 2 rings (SSSR count). The van der Waals surface area contributed by atoms with Gasteiger partial charge in [-0.15, -0.1) is 0 Å². The van der Waals surface area contributed by atoms with Crippen LogP contribution in [-0.2, 0) is 13.2 Å². The molecular weight excluding hydrogens is 274 g/mol. The minimum absolute atomic E-state index is 0.289. The molecule has 0 saturated carbocycles. The first-order chi connectivity index (χ1) is 10.6. The lowest BCUT2D eigenvalue weighted by Crippen LogP contribution is -2.36. The van der Waals surface area contributed by atoms with Crippen molar-refractivity contribution in [3.8, 4) is 5.75 Å². The van der Waals surface area contributed by atoms with Gasteiger partial charge in [0, 0.05) is 6.04 Å². The lowest BCUT2D eigenvalue weighted by atomic mass is 10.2. The molecular formula is C18H23N3O. The van der Waals surface area contributed by atoms with Crippen molar-refractivity contribution < 1.29 is 4.74 Å². The Morgan fingerprint density at radius 2 is 1.73 bits per heavy atom. The van der Waals surface area contributed by atoms with E-state index in [1.165, 1.54) is 0 Å². The third kappa shape index (κ3) is 5.48. The Hall–Kier alpha value is -2.49. The average molecular weight is 297 g/mol. The van der Waals surface area contributed by atoms with Crippen LogP contribution >= 0.6 is 0 Å². The summed E-state index contributed by atoms with van der Waals surface area (Å²) in [6, 6.07) is 18.3. The third-order valence-electron chi connectivity index (χ3n) is 3.04. The SMILES string of the molecule is CC(C)NC(N)=NCc1ccc(OCc2ccccc2)cc1. The molecule has 0 aliphatic carbocycles. The smallest absolute Gasteiger partial charge is 0.189 e. The lowest BCUT2D eigenvalue weighted by Gasteiger charge is -2.09. The quantitative estimate of drug-likeness (QED) is 0.636. The number of hydrogen-bond donors (Lipinski definition) is 2. The molecule has 4 nitrogen and oxygen atoms in total. The topological polar surface area (TPSA) is 59.6 Å². The maximum atomic E-state index is 5.78. The van der Waals surface area contributed by atoms with E-state index in [4.69, 9.17) is 10.5 Å². The summed E-state index contributed by atoms with van der Waals surface area (Å²) in [5, 5.41) is 3.07. The van der Waals surface area contributed by atoms with Crippen LogP contribution in [0.2, 0.25) is 0 Å². The number of nitrogens with one attached hydrogen (secondary N) is 1. The van der Waals surface area contributed by atoms with Crippen molar-refractivity contribution in [3.05, 3.63) is 65.7 Å². The van der Waals surface area contributed by atoms with Gasteiger partial charge in [-0.1, -0.05) is 42.5 Å². The molecule has 0 atom stereocenters. The number of benzene rings is 2. The monoisotopic (exact) mass is 297 g/mol. The summed E-state index contributed by atoms with van der Waals surface area (Å²) < 4.78 is 5.75. The van der Waals surface area contributed by atoms with Crippen molar-refractivity contribution in [1.82, 2.24) is 5.32 Å². The molecule has 2 aromatic rings. The van der Waals surface area contributed by atoms with Crippen LogP contribution in [0.3, 0.4) is 0 Å². The molecule has 0 spiro atoms. The summed E-state index contributed by atoms with van der Waals surface area (Å²) in [5.74, 6) is 1.32. The number of nitrogens with two attached hydrogens (primary N) is 1. The number of rotatable bonds is 6. The molecule has 0 aromatic heterocycles. The highest BCUT2D eigenvalue weighted by Gasteiger charge is 1.98. The highest BCUT2D eigenvalue weighted by Crippen LogP contribution is 2.14. The van der Waals surface area contributed by atoms with Crippen LogP contribution in [0.1, 0.15) is 25.0 Å². The van der Waals surface area contributed by atoms with E-state index in [1.807, 2.05) is 68.4 Å². The molecule has 2 aromatic carbocycles. The predicted octanol–water partition coefficient (Wildman–Crippen LogP) is 3.08. The van der Waals surface area contributed by atoms with Crippen LogP contribution in [0, 0.1) is 0 Å². The molecule has 0 aliphatic heterocycles. The largest absolute Gasteiger partial charge is 0.489 e. The van der Waals surface area contributed by atoms with Crippen molar-refractivity contribution in [2.45, 2.75) is 33.0 Å². The van der Waals surface area contributed by atoms with Gasteiger partial charge in [-0.25, -0.2) is 4.99 Å². The zero-order valence-electron chi connectivity index (χ0n) is 13.1. The van der Waals surface area contributed by atoms with Gasteiger partial charge in [0.25, 0.3) is 0 Å². The Morgan fingerprint density at radius 1 is 1.05 bits per heavy atom. The first kappa shape index (κ1) is 15.9. The van der Waals surface area contributed by atoms with Gasteiger partial charge in [0.05, 0.1) is 6.54 Å². The standard InChI is InChI=1S/C18H23N3O/c1-14(2)21-18(19)20-12-15-8-10-17(11-9-15)22-13-16-6-4-3-5-7-16/h3-11,14H,12-13H2,1-2H3,(H3,19,20,21). The fraction of sp³-hybridized carbons (Fsp3) is 0.278. The molecule has 116 valence electrons. The van der Waals surface area contributed by atoms with Crippen LogP contribution < -0.4 is 15.8 Å². The Morgan fingerprint density at radius 3 is 2.36 bits per heavy atom. The maximum absolute atomic E-state index is 5.78. The Kier molecular flexibility index (Phi) is 5.83. The molecule has 0 fully saturated rings. The molecule has 4 heteroatoms. The minimum Gasteiger partial charge on any atom is -0.489 e. The van der Waals surface area contributed by atoms with Gasteiger partial charge in [0.1, 0.15) is 12.4 Å². The van der Waals surface area contributed by atoms with Gasteiger partial charge in [0.15, 0.2) is 5.96 Å². The van der Waals surface area contributed by atoms with Gasteiger partial charge >= 0.3 is 0 Å². The van der Waals surface area contributed by atoms with Gasteiger partial charge in [-0.05, 0) is 37.1 Å². The summed E-state index contributed by atoms with van der Waals surface area (Å²) in [4.78, 5) is 4.30. The zero-order chi connectivity index (χ0) is 15.8. The number of guanidine groups is 1. The third-order valence-corrected chi connectivity index (χ3v) is 3.04. The van der Waals surface area contributed by atoms with Crippen LogP contribution in [0.4, 0.5) is 0 Å². The van der Waals surface area contributed by atoms with Gasteiger partial charge in [-0.3, -0.25) is 0 Å². The second kappa shape index (κ2) is 8.08. The summed E-state index contributed by atoms with van der Waals surface area (Å²) in [7, 11) is 0. The van der Waals surface area contributed by atoms with E-state index >= 15 is 0 Å². The molecule has 22 heavy (non-hydrogen) atoms. The summed E-state index contributed by atoms with van der Waals surface area (Å²) in [5.41, 5.74) is 8.03. The average Bonchev–Trinajstić information content (AvgIpc) is 2.52. The van der Waals surface area contributed by atoms with E-state index in [2.05, 4.69) is 10.3 Å². The fourth-order valence-electron chi connectivity index (χ4n) is 1.95. The van der Waals surface area contributed by atoms with Crippen LogP contribution in [0.15, 0.2) is 59.6 Å². The lowest BCUT2D eigenvalue weighted by molar-refractivity contribution is 0.306. The molecule has 0 saturated heterocycles.